The van der Waals surface area contributed by atoms with E-state index in [1.807, 2.05) is 11.8 Å². The fourth-order valence-corrected chi connectivity index (χ4v) is 1.31. The Morgan fingerprint density at radius 2 is 1.75 bits per heavy atom. The van der Waals surface area contributed by atoms with E-state index in [1.54, 1.807) is 0 Å². The molecule has 0 unspecified atom stereocenters. The second-order valence-corrected chi connectivity index (χ2v) is 4.26. The monoisotopic (exact) mass is 190 g/mol. The Kier molecular flexibility index (Phi) is 6.48. The molecule has 0 fully saturated rings. The standard InChI is InChI=1S/C7H19N4P/c1-6(2)8-10-12-11(5)9-7(3)4/h6-9H,1-5H3. The summed E-state index contributed by atoms with van der Waals surface area (Å²) in [5, 5.41) is 0. The lowest BCUT2D eigenvalue weighted by atomic mass is 10.4. The molecule has 0 aromatic carbocycles. The van der Waals surface area contributed by atoms with Crippen LogP contribution in [0.5, 0.6) is 0 Å². The maximum atomic E-state index is 4.11. The maximum Gasteiger partial charge on any atom is 0.130 e. The van der Waals surface area contributed by atoms with Gasteiger partial charge in [-0.1, -0.05) is 0 Å². The van der Waals surface area contributed by atoms with Gasteiger partial charge in [0, 0.05) is 19.1 Å². The normalized spacial score (nSPS) is 12.7. The third-order valence-electron chi connectivity index (χ3n) is 0.940. The minimum absolute atomic E-state index is 0.407. The molecule has 0 aliphatic heterocycles. The highest BCUT2D eigenvalue weighted by Gasteiger charge is 1.96. The molecule has 0 bridgehead atoms. The molecule has 0 saturated heterocycles. The third-order valence-corrected chi connectivity index (χ3v) is 1.53. The Bertz CT molecular complexity index is 135. The van der Waals surface area contributed by atoms with Crippen molar-refractivity contribution in [3.63, 3.8) is 0 Å². The maximum absolute atomic E-state index is 4.11. The molecule has 0 aromatic heterocycles. The van der Waals surface area contributed by atoms with E-state index in [0.717, 1.165) is 8.52 Å². The summed E-state index contributed by atoms with van der Waals surface area (Å²) in [4.78, 5) is 4.11. The molecule has 0 heterocycles. The molecule has 0 radical (unpaired) electrons. The molecule has 0 aliphatic carbocycles. The number of hydrazine groups is 1. The predicted octanol–water partition coefficient (Wildman–Crippen LogP) is 1.79. The largest absolute Gasteiger partial charge is 0.244 e. The van der Waals surface area contributed by atoms with Crippen molar-refractivity contribution in [3.05, 3.63) is 0 Å². The average Bonchev–Trinajstić information content (AvgIpc) is 1.84. The molecule has 0 aromatic rings. The van der Waals surface area contributed by atoms with Crippen molar-refractivity contribution in [3.8, 4) is 0 Å². The molecule has 72 valence electrons. The third kappa shape index (κ3) is 8.08. The van der Waals surface area contributed by atoms with Gasteiger partial charge in [-0.25, -0.2) is 10.9 Å². The smallest absolute Gasteiger partial charge is 0.130 e. The molecule has 0 aliphatic rings. The Labute approximate surface area is 76.6 Å². The summed E-state index contributed by atoms with van der Waals surface area (Å²) in [5.41, 5.74) is 6.18. The predicted molar refractivity (Wildman–Crippen MR) is 53.7 cm³/mol. The summed E-state index contributed by atoms with van der Waals surface area (Å²) in [6, 6.07) is 0.863. The Morgan fingerprint density at radius 3 is 2.17 bits per heavy atom. The fraction of sp³-hybridized carbons (Fsp3) is 1.00. The van der Waals surface area contributed by atoms with Crippen LogP contribution in [0.3, 0.4) is 0 Å². The van der Waals surface area contributed by atoms with Crippen molar-refractivity contribution in [1.82, 2.24) is 15.6 Å². The Balaban J connectivity index is 3.53. The molecule has 0 rings (SSSR count). The Hall–Kier alpha value is -0.0200. The first-order valence-electron chi connectivity index (χ1n) is 4.18. The average molecular weight is 190 g/mol. The van der Waals surface area contributed by atoms with Crippen molar-refractivity contribution < 1.29 is 0 Å². The number of hydrogen-bond acceptors (Lipinski definition) is 2. The zero-order chi connectivity index (χ0) is 9.56. The van der Waals surface area contributed by atoms with Gasteiger partial charge in [-0.15, -0.1) is 0 Å². The van der Waals surface area contributed by atoms with Gasteiger partial charge >= 0.3 is 0 Å². The van der Waals surface area contributed by atoms with Crippen molar-refractivity contribution in [2.75, 3.05) is 7.05 Å². The van der Waals surface area contributed by atoms with Crippen LogP contribution < -0.4 is 10.9 Å². The van der Waals surface area contributed by atoms with Gasteiger partial charge in [0.1, 0.15) is 8.52 Å². The van der Waals surface area contributed by atoms with Gasteiger partial charge in [0.2, 0.25) is 0 Å². The van der Waals surface area contributed by atoms with Crippen LogP contribution in [0.15, 0.2) is 4.85 Å². The molecular weight excluding hydrogens is 171 g/mol. The van der Waals surface area contributed by atoms with E-state index in [9.17, 15) is 0 Å². The van der Waals surface area contributed by atoms with E-state index in [-0.39, 0.29) is 0 Å². The van der Waals surface area contributed by atoms with Crippen LogP contribution in [-0.4, -0.2) is 23.9 Å². The van der Waals surface area contributed by atoms with Crippen LogP contribution in [0.25, 0.3) is 0 Å². The van der Waals surface area contributed by atoms with Gasteiger partial charge in [-0.2, -0.15) is 9.63 Å². The van der Waals surface area contributed by atoms with Crippen LogP contribution in [0.2, 0.25) is 0 Å². The minimum atomic E-state index is 0.407. The van der Waals surface area contributed by atoms with Gasteiger partial charge in [0.05, 0.1) is 0 Å². The molecule has 0 amide bonds. The molecule has 0 spiro atoms. The Morgan fingerprint density at radius 1 is 1.17 bits per heavy atom. The zero-order valence-corrected chi connectivity index (χ0v) is 9.39. The zero-order valence-electron chi connectivity index (χ0n) is 8.50. The van der Waals surface area contributed by atoms with Gasteiger partial charge in [-0.05, 0) is 27.7 Å². The summed E-state index contributed by atoms with van der Waals surface area (Å²) >= 11 is 0. The summed E-state index contributed by atoms with van der Waals surface area (Å²) in [6.07, 6.45) is 0. The van der Waals surface area contributed by atoms with Crippen LogP contribution in [0.4, 0.5) is 0 Å². The lowest BCUT2D eigenvalue weighted by Gasteiger charge is -2.14. The highest BCUT2D eigenvalue weighted by atomic mass is 31.1. The first-order valence-corrected chi connectivity index (χ1v) is 4.98. The highest BCUT2D eigenvalue weighted by molar-refractivity contribution is 7.23. The van der Waals surface area contributed by atoms with E-state index in [2.05, 4.69) is 43.4 Å². The topological polar surface area (TPSA) is 39.7 Å². The van der Waals surface area contributed by atoms with Gasteiger partial charge in [-0.3, -0.25) is 0 Å². The highest BCUT2D eigenvalue weighted by Crippen LogP contribution is 2.01. The van der Waals surface area contributed by atoms with E-state index in [0.29, 0.717) is 12.1 Å². The number of nitrogens with zero attached hydrogens (tertiary/aromatic N) is 2. The summed E-state index contributed by atoms with van der Waals surface area (Å²) in [6.45, 7) is 8.33. The minimum Gasteiger partial charge on any atom is -0.244 e. The second-order valence-electron chi connectivity index (χ2n) is 3.28. The number of nitrogens with one attached hydrogen (secondary N) is 2. The lowest BCUT2D eigenvalue weighted by Crippen LogP contribution is -2.32. The number of hydrogen-bond donors (Lipinski definition) is 2. The van der Waals surface area contributed by atoms with Gasteiger partial charge in [0.25, 0.3) is 0 Å². The first-order chi connectivity index (χ1) is 5.52. The molecular formula is C7H19N4P. The molecule has 0 saturated carbocycles. The lowest BCUT2D eigenvalue weighted by molar-refractivity contribution is 0.362. The van der Waals surface area contributed by atoms with Crippen LogP contribution in [0, 0.1) is 0 Å². The van der Waals surface area contributed by atoms with Crippen molar-refractivity contribution in [2.45, 2.75) is 39.8 Å². The fourth-order valence-electron chi connectivity index (χ4n) is 0.608. The van der Waals surface area contributed by atoms with Crippen LogP contribution >= 0.6 is 8.52 Å². The van der Waals surface area contributed by atoms with Gasteiger partial charge < -0.3 is 0 Å². The van der Waals surface area contributed by atoms with E-state index >= 15 is 0 Å². The second kappa shape index (κ2) is 6.49. The van der Waals surface area contributed by atoms with E-state index in [1.165, 1.54) is 0 Å². The van der Waals surface area contributed by atoms with Crippen LogP contribution in [-0.2, 0) is 0 Å². The van der Waals surface area contributed by atoms with E-state index in [4.69, 9.17) is 0 Å². The van der Waals surface area contributed by atoms with Crippen molar-refractivity contribution >= 4 is 8.52 Å². The van der Waals surface area contributed by atoms with Crippen LogP contribution in [0.1, 0.15) is 27.7 Å². The quantitative estimate of drug-likeness (QED) is 0.513. The van der Waals surface area contributed by atoms with Gasteiger partial charge in [0.15, 0.2) is 0 Å². The molecule has 5 heteroatoms. The summed E-state index contributed by atoms with van der Waals surface area (Å²) < 4.78 is 1.93. The molecule has 12 heavy (non-hydrogen) atoms. The van der Waals surface area contributed by atoms with E-state index < -0.39 is 0 Å². The van der Waals surface area contributed by atoms with Crippen molar-refractivity contribution in [1.29, 1.82) is 0 Å². The first kappa shape index (κ1) is 12.0. The number of rotatable bonds is 5. The summed E-state index contributed by atoms with van der Waals surface area (Å²) in [5.74, 6) is 0. The molecule has 2 N–H and O–H groups in total. The van der Waals surface area contributed by atoms with Crippen molar-refractivity contribution in [2.24, 2.45) is 4.85 Å². The molecule has 4 nitrogen and oxygen atoms in total. The SMILES string of the molecule is CC(C)N/N=P/N(C)NC(C)C. The summed E-state index contributed by atoms with van der Waals surface area (Å²) in [7, 11) is 2.86. The molecule has 0 atom stereocenters.